The van der Waals surface area contributed by atoms with E-state index in [4.69, 9.17) is 5.73 Å². The Bertz CT molecular complexity index is 149. The number of nitrogens with zero attached hydrogens (tertiary/aromatic N) is 1. The summed E-state index contributed by atoms with van der Waals surface area (Å²) in [6.45, 7) is 4.17. The molecule has 0 unspecified atom stereocenters. The zero-order valence-electron chi connectivity index (χ0n) is 6.97. The van der Waals surface area contributed by atoms with Gasteiger partial charge < -0.3 is 10.6 Å². The van der Waals surface area contributed by atoms with Crippen LogP contribution in [0.2, 0.25) is 0 Å². The number of likely N-dealkylation sites (tertiary alicyclic amines) is 1. The molecule has 1 fully saturated rings. The maximum absolute atomic E-state index is 5.24. The lowest BCUT2D eigenvalue weighted by Gasteiger charge is -2.10. The van der Waals surface area contributed by atoms with E-state index in [1.807, 2.05) is 0 Å². The maximum atomic E-state index is 5.24. The predicted octanol–water partition coefficient (Wildman–Crippen LogP) is 0.434. The molecule has 0 aromatic carbocycles. The molecule has 0 atom stereocenters. The third kappa shape index (κ3) is 3.41. The summed E-state index contributed by atoms with van der Waals surface area (Å²) in [5.41, 5.74) is 5.24. The summed E-state index contributed by atoms with van der Waals surface area (Å²) in [5.74, 6) is 5.92. The maximum Gasteiger partial charge on any atom is 0.0551 e. The molecular formula is C9H16N2. The van der Waals surface area contributed by atoms with Gasteiger partial charge in [0.05, 0.1) is 6.54 Å². The molecule has 1 aliphatic rings. The fraction of sp³-hybridized carbons (Fsp3) is 0.778. The second-order valence-corrected chi connectivity index (χ2v) is 2.86. The molecule has 1 saturated heterocycles. The van der Waals surface area contributed by atoms with Crippen LogP contribution in [0.15, 0.2) is 0 Å². The van der Waals surface area contributed by atoms with Crippen LogP contribution in [-0.4, -0.2) is 31.1 Å². The Balaban J connectivity index is 2.02. The standard InChI is InChI=1S/C9H16N2/c10-6-2-1-3-7-11-8-4-5-9-11/h3-10H2. The van der Waals surface area contributed by atoms with E-state index >= 15 is 0 Å². The van der Waals surface area contributed by atoms with Gasteiger partial charge in [-0.05, 0) is 25.9 Å². The minimum atomic E-state index is 0.500. The van der Waals surface area contributed by atoms with Crippen molar-refractivity contribution in [1.29, 1.82) is 0 Å². The third-order valence-corrected chi connectivity index (χ3v) is 1.98. The van der Waals surface area contributed by atoms with E-state index in [-0.39, 0.29) is 0 Å². The first-order valence-electron chi connectivity index (χ1n) is 4.31. The SMILES string of the molecule is NCC#CCCN1CCCC1. The van der Waals surface area contributed by atoms with Gasteiger partial charge in [-0.3, -0.25) is 0 Å². The molecule has 0 aromatic heterocycles. The highest BCUT2D eigenvalue weighted by molar-refractivity contribution is 5.00. The Morgan fingerprint density at radius 1 is 1.18 bits per heavy atom. The Hall–Kier alpha value is -0.520. The molecule has 2 nitrogen and oxygen atoms in total. The molecule has 0 radical (unpaired) electrons. The van der Waals surface area contributed by atoms with Gasteiger partial charge in [-0.15, -0.1) is 5.92 Å². The molecule has 0 aromatic rings. The molecule has 1 rings (SSSR count). The van der Waals surface area contributed by atoms with Crippen LogP contribution in [0.1, 0.15) is 19.3 Å². The summed E-state index contributed by atoms with van der Waals surface area (Å²) in [5, 5.41) is 0. The fourth-order valence-electron chi connectivity index (χ4n) is 1.38. The molecule has 0 amide bonds. The van der Waals surface area contributed by atoms with Gasteiger partial charge >= 0.3 is 0 Å². The van der Waals surface area contributed by atoms with Crippen LogP contribution < -0.4 is 5.73 Å². The zero-order valence-corrected chi connectivity index (χ0v) is 6.97. The largest absolute Gasteiger partial charge is 0.320 e. The van der Waals surface area contributed by atoms with Crippen molar-refractivity contribution in [3.63, 3.8) is 0 Å². The molecule has 2 N–H and O–H groups in total. The highest BCUT2D eigenvalue weighted by Crippen LogP contribution is 2.06. The smallest absolute Gasteiger partial charge is 0.0551 e. The van der Waals surface area contributed by atoms with Gasteiger partial charge in [0.2, 0.25) is 0 Å². The summed E-state index contributed by atoms with van der Waals surface area (Å²) in [6.07, 6.45) is 3.71. The number of hydrogen-bond donors (Lipinski definition) is 1. The minimum Gasteiger partial charge on any atom is -0.320 e. The first kappa shape index (κ1) is 8.58. The molecule has 2 heteroatoms. The van der Waals surface area contributed by atoms with Gasteiger partial charge in [0.25, 0.3) is 0 Å². The van der Waals surface area contributed by atoms with Crippen LogP contribution in [0.4, 0.5) is 0 Å². The average molecular weight is 152 g/mol. The Labute approximate surface area is 68.8 Å². The lowest BCUT2D eigenvalue weighted by Crippen LogP contribution is -2.19. The average Bonchev–Trinajstić information content (AvgIpc) is 2.50. The molecule has 0 spiro atoms. The summed E-state index contributed by atoms with van der Waals surface area (Å²) in [7, 11) is 0. The van der Waals surface area contributed by atoms with E-state index in [0.717, 1.165) is 13.0 Å². The summed E-state index contributed by atoms with van der Waals surface area (Å²) >= 11 is 0. The Morgan fingerprint density at radius 3 is 2.55 bits per heavy atom. The monoisotopic (exact) mass is 152 g/mol. The van der Waals surface area contributed by atoms with Crippen LogP contribution in [0.3, 0.4) is 0 Å². The quantitative estimate of drug-likeness (QED) is 0.582. The topological polar surface area (TPSA) is 29.3 Å². The molecular weight excluding hydrogens is 136 g/mol. The van der Waals surface area contributed by atoms with Crippen molar-refractivity contribution in [2.75, 3.05) is 26.2 Å². The van der Waals surface area contributed by atoms with Gasteiger partial charge in [0.1, 0.15) is 0 Å². The van der Waals surface area contributed by atoms with Crippen molar-refractivity contribution < 1.29 is 0 Å². The summed E-state index contributed by atoms with van der Waals surface area (Å²) in [4.78, 5) is 2.46. The van der Waals surface area contributed by atoms with Crippen LogP contribution in [-0.2, 0) is 0 Å². The van der Waals surface area contributed by atoms with Crippen molar-refractivity contribution in [1.82, 2.24) is 4.90 Å². The van der Waals surface area contributed by atoms with Crippen molar-refractivity contribution in [2.45, 2.75) is 19.3 Å². The van der Waals surface area contributed by atoms with E-state index in [0.29, 0.717) is 6.54 Å². The molecule has 11 heavy (non-hydrogen) atoms. The fourth-order valence-corrected chi connectivity index (χ4v) is 1.38. The van der Waals surface area contributed by atoms with E-state index in [9.17, 15) is 0 Å². The third-order valence-electron chi connectivity index (χ3n) is 1.98. The second-order valence-electron chi connectivity index (χ2n) is 2.86. The molecule has 0 saturated carbocycles. The second kappa shape index (κ2) is 5.17. The highest BCUT2D eigenvalue weighted by Gasteiger charge is 2.09. The first-order chi connectivity index (χ1) is 5.43. The van der Waals surface area contributed by atoms with E-state index in [2.05, 4.69) is 16.7 Å². The molecule has 1 heterocycles. The van der Waals surface area contributed by atoms with Crippen molar-refractivity contribution in [3.8, 4) is 11.8 Å². The summed E-state index contributed by atoms with van der Waals surface area (Å²) < 4.78 is 0. The van der Waals surface area contributed by atoms with E-state index in [1.54, 1.807) is 0 Å². The van der Waals surface area contributed by atoms with Crippen molar-refractivity contribution >= 4 is 0 Å². The van der Waals surface area contributed by atoms with E-state index < -0.39 is 0 Å². The van der Waals surface area contributed by atoms with Crippen LogP contribution in [0, 0.1) is 11.8 Å². The van der Waals surface area contributed by atoms with Crippen LogP contribution in [0.25, 0.3) is 0 Å². The van der Waals surface area contributed by atoms with E-state index in [1.165, 1.54) is 25.9 Å². The lowest BCUT2D eigenvalue weighted by molar-refractivity contribution is 0.348. The Kier molecular flexibility index (Phi) is 4.03. The number of rotatable bonds is 2. The zero-order chi connectivity index (χ0) is 7.94. The van der Waals surface area contributed by atoms with Gasteiger partial charge in [0, 0.05) is 13.0 Å². The van der Waals surface area contributed by atoms with Crippen molar-refractivity contribution in [2.24, 2.45) is 5.73 Å². The normalized spacial score (nSPS) is 17.9. The molecule has 0 bridgehead atoms. The summed E-state index contributed by atoms with van der Waals surface area (Å²) in [6, 6.07) is 0. The molecule has 0 aliphatic carbocycles. The van der Waals surface area contributed by atoms with Gasteiger partial charge in [-0.1, -0.05) is 5.92 Å². The number of nitrogens with two attached hydrogens (primary N) is 1. The van der Waals surface area contributed by atoms with Crippen molar-refractivity contribution in [3.05, 3.63) is 0 Å². The van der Waals surface area contributed by atoms with Crippen LogP contribution >= 0.6 is 0 Å². The Morgan fingerprint density at radius 2 is 1.91 bits per heavy atom. The molecule has 62 valence electrons. The first-order valence-corrected chi connectivity index (χ1v) is 4.31. The molecule has 1 aliphatic heterocycles. The van der Waals surface area contributed by atoms with Crippen LogP contribution in [0.5, 0.6) is 0 Å². The van der Waals surface area contributed by atoms with Gasteiger partial charge in [-0.2, -0.15) is 0 Å². The predicted molar refractivity (Wildman–Crippen MR) is 47.1 cm³/mol. The number of hydrogen-bond acceptors (Lipinski definition) is 2. The van der Waals surface area contributed by atoms with Gasteiger partial charge in [0.15, 0.2) is 0 Å². The lowest BCUT2D eigenvalue weighted by atomic mass is 10.4. The van der Waals surface area contributed by atoms with Gasteiger partial charge in [-0.25, -0.2) is 0 Å². The minimum absolute atomic E-state index is 0.500. The highest BCUT2D eigenvalue weighted by atomic mass is 15.1.